The van der Waals surface area contributed by atoms with Crippen molar-refractivity contribution in [2.24, 2.45) is 0 Å². The summed E-state index contributed by atoms with van der Waals surface area (Å²) in [5, 5.41) is -0.365. The first kappa shape index (κ1) is 14.9. The molecule has 0 radical (unpaired) electrons. The summed E-state index contributed by atoms with van der Waals surface area (Å²) in [7, 11) is 1.45. The molecule has 2 aromatic rings. The van der Waals surface area contributed by atoms with Crippen molar-refractivity contribution in [2.75, 3.05) is 7.11 Å². The van der Waals surface area contributed by atoms with Crippen LogP contribution in [-0.4, -0.2) is 7.11 Å². The molecule has 2 aromatic carbocycles. The van der Waals surface area contributed by atoms with Crippen molar-refractivity contribution in [2.45, 2.75) is 26.1 Å². The van der Waals surface area contributed by atoms with Crippen molar-refractivity contribution < 1.29 is 9.13 Å². The average Bonchev–Trinajstić information content (AvgIpc) is 2.37. The normalized spacial score (nSPS) is 12.3. The van der Waals surface area contributed by atoms with Crippen LogP contribution in [0.15, 0.2) is 30.3 Å². The molecule has 1 nitrogen and oxygen atoms in total. The molecule has 1 unspecified atom stereocenters. The third-order valence-electron chi connectivity index (χ3n) is 3.46. The molecule has 0 heterocycles. The van der Waals surface area contributed by atoms with Gasteiger partial charge in [-0.3, -0.25) is 0 Å². The molecular formula is C17H18ClFO. The van der Waals surface area contributed by atoms with Gasteiger partial charge in [-0.05, 0) is 55.2 Å². The predicted molar refractivity (Wildman–Crippen MR) is 81.3 cm³/mol. The van der Waals surface area contributed by atoms with Gasteiger partial charge in [0.25, 0.3) is 0 Å². The maximum Gasteiger partial charge on any atom is 0.165 e. The van der Waals surface area contributed by atoms with Gasteiger partial charge in [0.2, 0.25) is 0 Å². The van der Waals surface area contributed by atoms with Gasteiger partial charge in [0.1, 0.15) is 0 Å². The van der Waals surface area contributed by atoms with Crippen LogP contribution in [0.3, 0.4) is 0 Å². The number of methoxy groups -OCH3 is 1. The molecule has 0 N–H and O–H groups in total. The highest BCUT2D eigenvalue weighted by Gasteiger charge is 2.17. The number of ether oxygens (including phenoxy) is 1. The molecule has 0 bridgehead atoms. The summed E-state index contributed by atoms with van der Waals surface area (Å²) in [6.45, 7) is 6.12. The van der Waals surface area contributed by atoms with Crippen molar-refractivity contribution in [3.63, 3.8) is 0 Å². The summed E-state index contributed by atoms with van der Waals surface area (Å²) in [5.41, 5.74) is 5.23. The lowest BCUT2D eigenvalue weighted by molar-refractivity contribution is 0.386. The van der Waals surface area contributed by atoms with Gasteiger partial charge in [0.15, 0.2) is 11.6 Å². The van der Waals surface area contributed by atoms with E-state index in [1.54, 1.807) is 12.1 Å². The van der Waals surface area contributed by atoms with Gasteiger partial charge < -0.3 is 4.74 Å². The number of aryl methyl sites for hydroxylation is 3. The fourth-order valence-corrected chi connectivity index (χ4v) is 3.08. The first-order valence-electron chi connectivity index (χ1n) is 6.49. The topological polar surface area (TPSA) is 9.23 Å². The lowest BCUT2D eigenvalue weighted by atomic mass is 9.94. The number of alkyl halides is 1. The van der Waals surface area contributed by atoms with E-state index in [9.17, 15) is 4.39 Å². The van der Waals surface area contributed by atoms with E-state index in [0.29, 0.717) is 0 Å². The van der Waals surface area contributed by atoms with Crippen LogP contribution in [0.5, 0.6) is 5.75 Å². The lowest BCUT2D eigenvalue weighted by Gasteiger charge is -2.17. The Hall–Kier alpha value is -1.54. The molecule has 106 valence electrons. The minimum atomic E-state index is -0.391. The highest BCUT2D eigenvalue weighted by atomic mass is 35.5. The zero-order valence-corrected chi connectivity index (χ0v) is 12.9. The Morgan fingerprint density at radius 1 is 1.05 bits per heavy atom. The molecule has 0 amide bonds. The van der Waals surface area contributed by atoms with Crippen molar-refractivity contribution in [3.05, 3.63) is 64.0 Å². The predicted octanol–water partition coefficient (Wildman–Crippen LogP) is 5.09. The summed E-state index contributed by atoms with van der Waals surface area (Å²) < 4.78 is 18.7. The smallest absolute Gasteiger partial charge is 0.165 e. The monoisotopic (exact) mass is 292 g/mol. The largest absolute Gasteiger partial charge is 0.494 e. The minimum Gasteiger partial charge on any atom is -0.494 e. The van der Waals surface area contributed by atoms with Crippen LogP contribution in [0.25, 0.3) is 0 Å². The van der Waals surface area contributed by atoms with E-state index in [1.165, 1.54) is 18.7 Å². The maximum atomic E-state index is 13.8. The van der Waals surface area contributed by atoms with Gasteiger partial charge >= 0.3 is 0 Å². The summed E-state index contributed by atoms with van der Waals surface area (Å²) in [5.74, 6) is -0.159. The van der Waals surface area contributed by atoms with Crippen molar-refractivity contribution >= 4 is 11.6 Å². The zero-order valence-electron chi connectivity index (χ0n) is 12.1. The van der Waals surface area contributed by atoms with Gasteiger partial charge in [0.05, 0.1) is 12.5 Å². The summed E-state index contributed by atoms with van der Waals surface area (Å²) >= 11 is 6.55. The van der Waals surface area contributed by atoms with Crippen LogP contribution in [0.4, 0.5) is 4.39 Å². The summed E-state index contributed by atoms with van der Waals surface area (Å²) in [6.07, 6.45) is 0. The van der Waals surface area contributed by atoms with Gasteiger partial charge in [-0.1, -0.05) is 23.8 Å². The van der Waals surface area contributed by atoms with Crippen molar-refractivity contribution in [3.8, 4) is 5.75 Å². The van der Waals surface area contributed by atoms with Crippen LogP contribution >= 0.6 is 11.6 Å². The Balaban J connectivity index is 2.46. The van der Waals surface area contributed by atoms with Gasteiger partial charge in [-0.25, -0.2) is 4.39 Å². The molecule has 20 heavy (non-hydrogen) atoms. The van der Waals surface area contributed by atoms with E-state index in [0.717, 1.165) is 22.3 Å². The molecule has 2 rings (SSSR count). The number of rotatable bonds is 3. The van der Waals surface area contributed by atoms with Crippen molar-refractivity contribution in [1.82, 2.24) is 0 Å². The minimum absolute atomic E-state index is 0.231. The first-order valence-corrected chi connectivity index (χ1v) is 6.93. The molecule has 3 heteroatoms. The Bertz CT molecular complexity index is 614. The summed E-state index contributed by atoms with van der Waals surface area (Å²) in [4.78, 5) is 0. The molecule has 1 atom stereocenters. The van der Waals surface area contributed by atoms with E-state index in [-0.39, 0.29) is 11.1 Å². The zero-order chi connectivity index (χ0) is 14.9. The SMILES string of the molecule is COc1ccc(C(Cl)c2c(C)cc(C)cc2C)cc1F. The van der Waals surface area contributed by atoms with Gasteiger partial charge in [-0.15, -0.1) is 11.6 Å². The Kier molecular flexibility index (Phi) is 4.34. The molecular weight excluding hydrogens is 275 g/mol. The number of hydrogen-bond donors (Lipinski definition) is 0. The second-order valence-electron chi connectivity index (χ2n) is 5.07. The summed E-state index contributed by atoms with van der Waals surface area (Å²) in [6, 6.07) is 9.04. The third-order valence-corrected chi connectivity index (χ3v) is 3.93. The van der Waals surface area contributed by atoms with E-state index in [4.69, 9.17) is 16.3 Å². The standard InChI is InChI=1S/C17H18ClFO/c1-10-7-11(2)16(12(3)8-10)17(18)13-5-6-15(20-4)14(19)9-13/h5-9,17H,1-4H3. The molecule has 0 aromatic heterocycles. The molecule has 0 aliphatic carbocycles. The van der Waals surface area contributed by atoms with Crippen molar-refractivity contribution in [1.29, 1.82) is 0 Å². The third kappa shape index (κ3) is 2.80. The average molecular weight is 293 g/mol. The fraction of sp³-hybridized carbons (Fsp3) is 0.294. The van der Waals surface area contributed by atoms with Gasteiger partial charge in [0, 0.05) is 0 Å². The lowest BCUT2D eigenvalue weighted by Crippen LogP contribution is -2.01. The highest BCUT2D eigenvalue weighted by molar-refractivity contribution is 6.22. The molecule has 0 spiro atoms. The number of benzene rings is 2. The molecule has 0 saturated carbocycles. The fourth-order valence-electron chi connectivity index (χ4n) is 2.60. The Morgan fingerprint density at radius 2 is 1.65 bits per heavy atom. The Morgan fingerprint density at radius 3 is 2.15 bits per heavy atom. The molecule has 0 aliphatic heterocycles. The van der Waals surface area contributed by atoms with E-state index in [1.807, 2.05) is 13.8 Å². The number of halogens is 2. The van der Waals surface area contributed by atoms with Gasteiger partial charge in [-0.2, -0.15) is 0 Å². The van der Waals surface area contributed by atoms with E-state index < -0.39 is 5.82 Å². The molecule has 0 saturated heterocycles. The van der Waals surface area contributed by atoms with E-state index >= 15 is 0 Å². The molecule has 0 aliphatic rings. The van der Waals surface area contributed by atoms with Crippen LogP contribution in [-0.2, 0) is 0 Å². The second kappa shape index (κ2) is 5.84. The van der Waals surface area contributed by atoms with Crippen LogP contribution in [0.1, 0.15) is 33.2 Å². The van der Waals surface area contributed by atoms with Crippen LogP contribution in [0, 0.1) is 26.6 Å². The first-order chi connectivity index (χ1) is 9.43. The molecule has 0 fully saturated rings. The number of hydrogen-bond acceptors (Lipinski definition) is 1. The highest BCUT2D eigenvalue weighted by Crippen LogP contribution is 2.35. The maximum absolute atomic E-state index is 13.8. The van der Waals surface area contributed by atoms with Crippen LogP contribution < -0.4 is 4.74 Å². The van der Waals surface area contributed by atoms with Crippen LogP contribution in [0.2, 0.25) is 0 Å². The second-order valence-corrected chi connectivity index (χ2v) is 5.51. The quantitative estimate of drug-likeness (QED) is 0.716. The van der Waals surface area contributed by atoms with E-state index in [2.05, 4.69) is 19.1 Å². The Labute approximate surface area is 124 Å².